The lowest BCUT2D eigenvalue weighted by Crippen LogP contribution is -2.35. The van der Waals surface area contributed by atoms with Crippen LogP contribution >= 0.6 is 15.9 Å². The van der Waals surface area contributed by atoms with E-state index in [0.29, 0.717) is 24.4 Å². The molecule has 1 fully saturated rings. The van der Waals surface area contributed by atoms with E-state index in [1.54, 1.807) is 24.3 Å². The number of carbonyl (C=O) groups is 2. The van der Waals surface area contributed by atoms with Crippen LogP contribution < -0.4 is 4.74 Å². The fourth-order valence-electron chi connectivity index (χ4n) is 3.56. The van der Waals surface area contributed by atoms with Crippen molar-refractivity contribution in [2.75, 3.05) is 27.2 Å². The number of ether oxygens (including phenoxy) is 1. The maximum atomic E-state index is 13.0. The maximum absolute atomic E-state index is 13.0. The Hall–Kier alpha value is -2.64. The Morgan fingerprint density at radius 1 is 1.16 bits per heavy atom. The van der Waals surface area contributed by atoms with E-state index in [4.69, 9.17) is 4.74 Å². The van der Waals surface area contributed by atoms with Gasteiger partial charge in [-0.05, 0) is 69.9 Å². The van der Waals surface area contributed by atoms with E-state index < -0.39 is 17.7 Å². The first kappa shape index (κ1) is 23.0. The Bertz CT molecular complexity index is 999. The summed E-state index contributed by atoms with van der Waals surface area (Å²) in [4.78, 5) is 29.4. The Kier molecular flexibility index (Phi) is 7.18. The second kappa shape index (κ2) is 9.66. The molecular formula is C24H27BrN2O4. The molecule has 31 heavy (non-hydrogen) atoms. The van der Waals surface area contributed by atoms with Crippen molar-refractivity contribution < 1.29 is 19.4 Å². The van der Waals surface area contributed by atoms with Crippen molar-refractivity contribution in [1.82, 2.24) is 9.80 Å². The molecule has 0 aromatic heterocycles. The third kappa shape index (κ3) is 5.17. The molecule has 1 saturated heterocycles. The van der Waals surface area contributed by atoms with Gasteiger partial charge in [-0.1, -0.05) is 28.1 Å². The SMILES string of the molecule is CC(C)Oc1ccc(C(O)=C2C(=O)C(=O)N(CCN(C)C)[C@H]2c2cccc(Br)c2)cc1. The van der Waals surface area contributed by atoms with Crippen molar-refractivity contribution in [1.29, 1.82) is 0 Å². The number of likely N-dealkylation sites (tertiary alicyclic amines) is 1. The summed E-state index contributed by atoms with van der Waals surface area (Å²) in [6.07, 6.45) is 0.0259. The van der Waals surface area contributed by atoms with Crippen LogP contribution in [0.25, 0.3) is 5.76 Å². The Balaban J connectivity index is 2.08. The molecule has 0 aliphatic carbocycles. The second-order valence-corrected chi connectivity index (χ2v) is 8.96. The number of aliphatic hydroxyl groups excluding tert-OH is 1. The Morgan fingerprint density at radius 2 is 1.84 bits per heavy atom. The number of nitrogens with zero attached hydrogens (tertiary/aromatic N) is 2. The van der Waals surface area contributed by atoms with Crippen LogP contribution in [0, 0.1) is 0 Å². The van der Waals surface area contributed by atoms with Crippen molar-refractivity contribution in [3.05, 3.63) is 69.7 Å². The van der Waals surface area contributed by atoms with Crippen LogP contribution in [0.1, 0.15) is 31.0 Å². The van der Waals surface area contributed by atoms with Gasteiger partial charge in [0.15, 0.2) is 0 Å². The number of ketones is 1. The number of hydrogen-bond acceptors (Lipinski definition) is 5. The van der Waals surface area contributed by atoms with Gasteiger partial charge in [0.25, 0.3) is 11.7 Å². The lowest BCUT2D eigenvalue weighted by Gasteiger charge is -2.26. The van der Waals surface area contributed by atoms with Crippen molar-refractivity contribution in [3.63, 3.8) is 0 Å². The summed E-state index contributed by atoms with van der Waals surface area (Å²) in [6, 6.07) is 13.7. The van der Waals surface area contributed by atoms with Crippen LogP contribution in [0.2, 0.25) is 0 Å². The summed E-state index contributed by atoms with van der Waals surface area (Å²) >= 11 is 3.46. The van der Waals surface area contributed by atoms with Gasteiger partial charge in [-0.2, -0.15) is 0 Å². The van der Waals surface area contributed by atoms with Crippen LogP contribution in [-0.4, -0.2) is 59.9 Å². The number of likely N-dealkylation sites (N-methyl/N-ethyl adjacent to an activating group) is 1. The second-order valence-electron chi connectivity index (χ2n) is 8.04. The monoisotopic (exact) mass is 486 g/mol. The standard InChI is InChI=1S/C24H27BrN2O4/c1-15(2)31-19-10-8-16(9-11-19)22(28)20-21(17-6-5-7-18(25)14-17)27(13-12-26(3)4)24(30)23(20)29/h5-11,14-15,21,28H,12-13H2,1-4H3/t21-/m0/s1. The zero-order valence-electron chi connectivity index (χ0n) is 18.1. The number of rotatable bonds is 7. The average molecular weight is 487 g/mol. The van der Waals surface area contributed by atoms with Gasteiger partial charge < -0.3 is 19.6 Å². The van der Waals surface area contributed by atoms with E-state index in [1.807, 2.05) is 57.1 Å². The number of Topliss-reactive ketones (excluding diaryl/α,β-unsaturated/α-hetero) is 1. The fraction of sp³-hybridized carbons (Fsp3) is 0.333. The first-order chi connectivity index (χ1) is 14.7. The maximum Gasteiger partial charge on any atom is 0.295 e. The molecule has 2 aromatic carbocycles. The fourth-order valence-corrected chi connectivity index (χ4v) is 3.98. The van der Waals surface area contributed by atoms with Gasteiger partial charge in [-0.15, -0.1) is 0 Å². The van der Waals surface area contributed by atoms with Crippen LogP contribution in [0.5, 0.6) is 5.75 Å². The summed E-state index contributed by atoms with van der Waals surface area (Å²) in [5.74, 6) is -0.801. The van der Waals surface area contributed by atoms with Gasteiger partial charge in [-0.25, -0.2) is 0 Å². The molecule has 6 nitrogen and oxygen atoms in total. The van der Waals surface area contributed by atoms with Crippen LogP contribution in [0.15, 0.2) is 58.6 Å². The third-order valence-electron chi connectivity index (χ3n) is 4.99. The first-order valence-electron chi connectivity index (χ1n) is 10.1. The van der Waals surface area contributed by atoms with E-state index in [1.165, 1.54) is 4.90 Å². The van der Waals surface area contributed by atoms with Crippen molar-refractivity contribution in [2.24, 2.45) is 0 Å². The topological polar surface area (TPSA) is 70.1 Å². The van der Waals surface area contributed by atoms with Gasteiger partial charge in [-0.3, -0.25) is 9.59 Å². The number of aliphatic hydroxyl groups is 1. The molecule has 0 bridgehead atoms. The minimum atomic E-state index is -0.677. The minimum absolute atomic E-state index is 0.0259. The molecule has 2 aromatic rings. The summed E-state index contributed by atoms with van der Waals surface area (Å²) < 4.78 is 6.48. The van der Waals surface area contributed by atoms with Gasteiger partial charge in [0, 0.05) is 23.1 Å². The molecule has 1 atom stereocenters. The van der Waals surface area contributed by atoms with Gasteiger partial charge in [0.05, 0.1) is 17.7 Å². The molecule has 1 aliphatic rings. The first-order valence-corrected chi connectivity index (χ1v) is 10.9. The lowest BCUT2D eigenvalue weighted by atomic mass is 9.95. The molecule has 0 unspecified atom stereocenters. The zero-order valence-corrected chi connectivity index (χ0v) is 19.7. The quantitative estimate of drug-likeness (QED) is 0.360. The largest absolute Gasteiger partial charge is 0.507 e. The Morgan fingerprint density at radius 3 is 2.42 bits per heavy atom. The predicted octanol–water partition coefficient (Wildman–Crippen LogP) is 4.22. The molecule has 1 heterocycles. The summed E-state index contributed by atoms with van der Waals surface area (Å²) in [5.41, 5.74) is 1.31. The minimum Gasteiger partial charge on any atom is -0.507 e. The smallest absolute Gasteiger partial charge is 0.295 e. The van der Waals surface area contributed by atoms with E-state index in [-0.39, 0.29) is 17.4 Å². The molecule has 7 heteroatoms. The summed E-state index contributed by atoms with van der Waals surface area (Å²) in [7, 11) is 3.82. The highest BCUT2D eigenvalue weighted by molar-refractivity contribution is 9.10. The van der Waals surface area contributed by atoms with Crippen LogP contribution in [0.3, 0.4) is 0 Å². The van der Waals surface area contributed by atoms with Crippen molar-refractivity contribution >= 4 is 33.4 Å². The Labute approximate surface area is 191 Å². The molecule has 1 N–H and O–H groups in total. The van der Waals surface area contributed by atoms with Crippen molar-refractivity contribution in [3.8, 4) is 5.75 Å². The third-order valence-corrected chi connectivity index (χ3v) is 5.49. The molecule has 1 amide bonds. The van der Waals surface area contributed by atoms with Crippen LogP contribution in [-0.2, 0) is 9.59 Å². The molecule has 164 valence electrons. The average Bonchev–Trinajstić information content (AvgIpc) is 2.96. The molecular weight excluding hydrogens is 460 g/mol. The number of halogens is 1. The lowest BCUT2D eigenvalue weighted by molar-refractivity contribution is -0.140. The highest BCUT2D eigenvalue weighted by Crippen LogP contribution is 2.40. The zero-order chi connectivity index (χ0) is 22.7. The molecule has 0 saturated carbocycles. The number of benzene rings is 2. The van der Waals surface area contributed by atoms with E-state index in [9.17, 15) is 14.7 Å². The van der Waals surface area contributed by atoms with Gasteiger partial charge >= 0.3 is 0 Å². The highest BCUT2D eigenvalue weighted by Gasteiger charge is 2.45. The van der Waals surface area contributed by atoms with E-state index in [2.05, 4.69) is 15.9 Å². The van der Waals surface area contributed by atoms with Gasteiger partial charge in [0.2, 0.25) is 0 Å². The normalized spacial score (nSPS) is 18.3. The molecule has 0 radical (unpaired) electrons. The van der Waals surface area contributed by atoms with E-state index in [0.717, 1.165) is 10.0 Å². The van der Waals surface area contributed by atoms with Crippen LogP contribution in [0.4, 0.5) is 0 Å². The number of carbonyl (C=O) groups excluding carboxylic acids is 2. The van der Waals surface area contributed by atoms with Gasteiger partial charge in [0.1, 0.15) is 11.5 Å². The summed E-state index contributed by atoms with van der Waals surface area (Å²) in [5, 5.41) is 11.1. The highest BCUT2D eigenvalue weighted by atomic mass is 79.9. The predicted molar refractivity (Wildman–Crippen MR) is 124 cm³/mol. The summed E-state index contributed by atoms with van der Waals surface area (Å²) in [6.45, 7) is 4.83. The molecule has 0 spiro atoms. The number of hydrogen-bond donors (Lipinski definition) is 1. The number of amides is 1. The molecule has 1 aliphatic heterocycles. The van der Waals surface area contributed by atoms with E-state index >= 15 is 0 Å². The van der Waals surface area contributed by atoms with Crippen molar-refractivity contribution in [2.45, 2.75) is 26.0 Å². The molecule has 3 rings (SSSR count).